The van der Waals surface area contributed by atoms with Crippen LogP contribution in [0.2, 0.25) is 0 Å². The minimum Gasteiger partial charge on any atom is -0.507 e. The van der Waals surface area contributed by atoms with Gasteiger partial charge in [-0.2, -0.15) is 0 Å². The van der Waals surface area contributed by atoms with E-state index < -0.39 is 5.97 Å². The Kier molecular flexibility index (Phi) is 4.55. The number of aromatic carboxylic acids is 1. The number of hydrogen-bond acceptors (Lipinski definition) is 4. The van der Waals surface area contributed by atoms with Crippen LogP contribution in [0.1, 0.15) is 31.1 Å². The smallest absolute Gasteiger partial charge is 0.339 e. The Hall–Kier alpha value is -1.75. The van der Waals surface area contributed by atoms with E-state index in [1.54, 1.807) is 6.07 Å². The lowest BCUT2D eigenvalue weighted by Gasteiger charge is -2.20. The predicted octanol–water partition coefficient (Wildman–Crippen LogP) is 1.86. The summed E-state index contributed by atoms with van der Waals surface area (Å²) in [6.45, 7) is 7.25. The zero-order valence-electron chi connectivity index (χ0n) is 10.9. The van der Waals surface area contributed by atoms with Crippen LogP contribution < -0.4 is 10.1 Å². The van der Waals surface area contributed by atoms with E-state index in [2.05, 4.69) is 26.1 Å². The van der Waals surface area contributed by atoms with Crippen LogP contribution in [0.25, 0.3) is 0 Å². The van der Waals surface area contributed by atoms with Crippen molar-refractivity contribution in [2.75, 3.05) is 13.2 Å². The van der Waals surface area contributed by atoms with E-state index >= 15 is 0 Å². The fourth-order valence-electron chi connectivity index (χ4n) is 1.37. The van der Waals surface area contributed by atoms with Crippen molar-refractivity contribution in [3.8, 4) is 11.5 Å². The van der Waals surface area contributed by atoms with Crippen molar-refractivity contribution in [3.05, 3.63) is 23.8 Å². The molecule has 1 aromatic carbocycles. The van der Waals surface area contributed by atoms with Gasteiger partial charge in [0.2, 0.25) is 0 Å². The van der Waals surface area contributed by atoms with Gasteiger partial charge in [-0.25, -0.2) is 4.79 Å². The topological polar surface area (TPSA) is 78.8 Å². The molecular weight excluding hydrogens is 234 g/mol. The molecule has 0 heterocycles. The van der Waals surface area contributed by atoms with Gasteiger partial charge in [-0.05, 0) is 39.0 Å². The molecule has 0 radical (unpaired) electrons. The summed E-state index contributed by atoms with van der Waals surface area (Å²) in [5, 5.41) is 21.4. The van der Waals surface area contributed by atoms with E-state index in [-0.39, 0.29) is 16.9 Å². The van der Waals surface area contributed by atoms with Gasteiger partial charge in [0.25, 0.3) is 0 Å². The van der Waals surface area contributed by atoms with E-state index in [4.69, 9.17) is 9.84 Å². The molecule has 0 saturated heterocycles. The molecular formula is C13H19NO4. The predicted molar refractivity (Wildman–Crippen MR) is 68.3 cm³/mol. The minimum atomic E-state index is -1.18. The highest BCUT2D eigenvalue weighted by Gasteiger charge is 2.11. The molecule has 0 aliphatic heterocycles. The van der Waals surface area contributed by atoms with Gasteiger partial charge in [0.05, 0.1) is 0 Å². The normalized spacial score (nSPS) is 11.3. The van der Waals surface area contributed by atoms with Gasteiger partial charge in [-0.1, -0.05) is 0 Å². The molecule has 0 saturated carbocycles. The van der Waals surface area contributed by atoms with Gasteiger partial charge in [-0.3, -0.25) is 0 Å². The summed E-state index contributed by atoms with van der Waals surface area (Å²) in [6, 6.07) is 4.17. The third kappa shape index (κ3) is 4.63. The molecule has 5 heteroatoms. The maximum atomic E-state index is 10.8. The van der Waals surface area contributed by atoms with E-state index in [1.165, 1.54) is 12.1 Å². The van der Waals surface area contributed by atoms with Crippen LogP contribution in [-0.4, -0.2) is 34.9 Å². The van der Waals surface area contributed by atoms with Crippen LogP contribution in [0.15, 0.2) is 18.2 Å². The highest BCUT2D eigenvalue weighted by atomic mass is 16.5. The molecule has 1 rings (SSSR count). The molecule has 18 heavy (non-hydrogen) atoms. The molecule has 0 aliphatic rings. The average Bonchev–Trinajstić information content (AvgIpc) is 2.24. The van der Waals surface area contributed by atoms with E-state index in [1.807, 2.05) is 0 Å². The van der Waals surface area contributed by atoms with Crippen LogP contribution in [0, 0.1) is 0 Å². The number of carboxylic acids is 1. The van der Waals surface area contributed by atoms with Gasteiger partial charge in [-0.15, -0.1) is 0 Å². The van der Waals surface area contributed by atoms with Crippen molar-refractivity contribution in [3.63, 3.8) is 0 Å². The van der Waals surface area contributed by atoms with E-state index in [9.17, 15) is 9.90 Å². The second kappa shape index (κ2) is 5.73. The van der Waals surface area contributed by atoms with Gasteiger partial charge in [0.15, 0.2) is 0 Å². The fourth-order valence-corrected chi connectivity index (χ4v) is 1.37. The van der Waals surface area contributed by atoms with Gasteiger partial charge < -0.3 is 20.3 Å². The molecule has 3 N–H and O–H groups in total. The standard InChI is InChI=1S/C13H19NO4/c1-13(2,3)14-6-7-18-9-4-5-11(15)10(8-9)12(16)17/h4-5,8,14-15H,6-7H2,1-3H3,(H,16,17). The molecule has 100 valence electrons. The summed E-state index contributed by atoms with van der Waals surface area (Å²) >= 11 is 0. The monoisotopic (exact) mass is 253 g/mol. The quantitative estimate of drug-likeness (QED) is 0.698. The molecule has 5 nitrogen and oxygen atoms in total. The number of hydrogen-bond donors (Lipinski definition) is 3. The summed E-state index contributed by atoms with van der Waals surface area (Å²) in [4.78, 5) is 10.8. The first-order valence-corrected chi connectivity index (χ1v) is 5.74. The van der Waals surface area contributed by atoms with Crippen molar-refractivity contribution >= 4 is 5.97 Å². The maximum Gasteiger partial charge on any atom is 0.339 e. The zero-order chi connectivity index (χ0) is 13.8. The number of benzene rings is 1. The number of aromatic hydroxyl groups is 1. The molecule has 0 spiro atoms. The Morgan fingerprint density at radius 2 is 2.06 bits per heavy atom. The van der Waals surface area contributed by atoms with Crippen LogP contribution in [0.4, 0.5) is 0 Å². The van der Waals surface area contributed by atoms with Crippen molar-refractivity contribution in [2.45, 2.75) is 26.3 Å². The molecule has 1 aromatic rings. The molecule has 0 unspecified atom stereocenters. The number of carbonyl (C=O) groups is 1. The van der Waals surface area contributed by atoms with E-state index in [0.29, 0.717) is 18.9 Å². The summed E-state index contributed by atoms with van der Waals surface area (Å²) < 4.78 is 5.41. The largest absolute Gasteiger partial charge is 0.507 e. The molecule has 0 aromatic heterocycles. The Morgan fingerprint density at radius 1 is 1.39 bits per heavy atom. The summed E-state index contributed by atoms with van der Waals surface area (Å²) in [6.07, 6.45) is 0. The maximum absolute atomic E-state index is 10.8. The highest BCUT2D eigenvalue weighted by molar-refractivity contribution is 5.91. The molecule has 0 bridgehead atoms. The third-order valence-electron chi connectivity index (χ3n) is 2.22. The van der Waals surface area contributed by atoms with Crippen LogP contribution in [-0.2, 0) is 0 Å². The number of nitrogens with one attached hydrogen (secondary N) is 1. The van der Waals surface area contributed by atoms with Gasteiger partial charge in [0.1, 0.15) is 23.7 Å². The first-order valence-electron chi connectivity index (χ1n) is 5.74. The number of ether oxygens (including phenoxy) is 1. The minimum absolute atomic E-state index is 0.0184. The van der Waals surface area contributed by atoms with Crippen molar-refractivity contribution < 1.29 is 19.7 Å². The summed E-state index contributed by atoms with van der Waals surface area (Å²) in [5.74, 6) is -1.01. The number of rotatable bonds is 5. The SMILES string of the molecule is CC(C)(C)NCCOc1ccc(O)c(C(=O)O)c1. The lowest BCUT2D eigenvalue weighted by molar-refractivity contribution is 0.0693. The lowest BCUT2D eigenvalue weighted by atomic mass is 10.1. The molecule has 0 fully saturated rings. The first kappa shape index (κ1) is 14.3. The Bertz CT molecular complexity index is 423. The van der Waals surface area contributed by atoms with Crippen molar-refractivity contribution in [1.29, 1.82) is 0 Å². The van der Waals surface area contributed by atoms with Crippen LogP contribution >= 0.6 is 0 Å². The highest BCUT2D eigenvalue weighted by Crippen LogP contribution is 2.22. The zero-order valence-corrected chi connectivity index (χ0v) is 10.9. The fraction of sp³-hybridized carbons (Fsp3) is 0.462. The number of carboxylic acid groups (broad SMARTS) is 1. The first-order chi connectivity index (χ1) is 8.29. The molecule has 0 aliphatic carbocycles. The second-order valence-electron chi connectivity index (χ2n) is 5.01. The average molecular weight is 253 g/mol. The lowest BCUT2D eigenvalue weighted by Crippen LogP contribution is -2.38. The number of phenols is 1. The third-order valence-corrected chi connectivity index (χ3v) is 2.22. The Labute approximate surface area is 106 Å². The summed E-state index contributed by atoms with van der Waals surface area (Å²) in [7, 11) is 0. The molecule has 0 amide bonds. The van der Waals surface area contributed by atoms with Crippen LogP contribution in [0.5, 0.6) is 11.5 Å². The van der Waals surface area contributed by atoms with Gasteiger partial charge in [0, 0.05) is 12.1 Å². The van der Waals surface area contributed by atoms with E-state index in [0.717, 1.165) is 0 Å². The van der Waals surface area contributed by atoms with Crippen molar-refractivity contribution in [1.82, 2.24) is 5.32 Å². The second-order valence-corrected chi connectivity index (χ2v) is 5.01. The van der Waals surface area contributed by atoms with Crippen LogP contribution in [0.3, 0.4) is 0 Å². The van der Waals surface area contributed by atoms with Crippen molar-refractivity contribution in [2.24, 2.45) is 0 Å². The molecule has 0 atom stereocenters. The summed E-state index contributed by atoms with van der Waals surface area (Å²) in [5.41, 5.74) is -0.138. The Balaban J connectivity index is 2.53. The Morgan fingerprint density at radius 3 is 2.61 bits per heavy atom. The van der Waals surface area contributed by atoms with Gasteiger partial charge >= 0.3 is 5.97 Å².